The molecule has 0 amide bonds. The highest BCUT2D eigenvalue weighted by Gasteiger charge is 2.31. The van der Waals surface area contributed by atoms with E-state index in [1.54, 1.807) is 7.11 Å². The number of hydrogen-bond acceptors (Lipinski definition) is 4. The zero-order valence-corrected chi connectivity index (χ0v) is 12.2. The lowest BCUT2D eigenvalue weighted by Gasteiger charge is -2.16. The summed E-state index contributed by atoms with van der Waals surface area (Å²) >= 11 is 0. The zero-order chi connectivity index (χ0) is 14.5. The van der Waals surface area contributed by atoms with Crippen LogP contribution in [0.15, 0.2) is 18.2 Å². The van der Waals surface area contributed by atoms with Gasteiger partial charge in [-0.1, -0.05) is 18.6 Å². The molecule has 1 aliphatic carbocycles. The molecule has 0 saturated heterocycles. The van der Waals surface area contributed by atoms with E-state index in [9.17, 15) is 4.79 Å². The maximum absolute atomic E-state index is 11.1. The Morgan fingerprint density at radius 1 is 1.35 bits per heavy atom. The summed E-state index contributed by atoms with van der Waals surface area (Å²) in [5.41, 5.74) is 8.84. The minimum Gasteiger partial charge on any atom is -0.496 e. The van der Waals surface area contributed by atoms with Crippen LogP contribution in [0.4, 0.5) is 0 Å². The molecule has 0 aromatic heterocycles. The van der Waals surface area contributed by atoms with Crippen LogP contribution >= 0.6 is 0 Å². The minimum absolute atomic E-state index is 0.136. The summed E-state index contributed by atoms with van der Waals surface area (Å²) in [5.74, 6) is 1.18. The number of methoxy groups -OCH3 is 2. The van der Waals surface area contributed by atoms with Crippen molar-refractivity contribution in [1.29, 1.82) is 0 Å². The molecule has 1 aliphatic rings. The number of hydrogen-bond donors (Lipinski definition) is 1. The molecular formula is C16H23NO3. The van der Waals surface area contributed by atoms with Crippen LogP contribution in [0.25, 0.3) is 0 Å². The van der Waals surface area contributed by atoms with E-state index in [1.165, 1.54) is 18.2 Å². The van der Waals surface area contributed by atoms with Crippen molar-refractivity contribution in [2.45, 2.75) is 44.1 Å². The molecule has 0 fully saturated rings. The number of rotatable bonds is 6. The molecule has 2 unspecified atom stereocenters. The molecule has 1 aromatic carbocycles. The fourth-order valence-electron chi connectivity index (χ4n) is 3.05. The first-order valence-corrected chi connectivity index (χ1v) is 7.15. The van der Waals surface area contributed by atoms with Gasteiger partial charge < -0.3 is 15.2 Å². The lowest BCUT2D eigenvalue weighted by molar-refractivity contribution is -0.140. The third-order valence-electron chi connectivity index (χ3n) is 4.12. The Balaban J connectivity index is 1.95. The molecule has 0 aliphatic heterocycles. The van der Waals surface area contributed by atoms with Crippen LogP contribution in [0.2, 0.25) is 0 Å². The molecule has 0 bridgehead atoms. The van der Waals surface area contributed by atoms with Gasteiger partial charge in [-0.2, -0.15) is 0 Å². The molecule has 4 heteroatoms. The molecule has 0 saturated carbocycles. The van der Waals surface area contributed by atoms with Crippen LogP contribution in [0.3, 0.4) is 0 Å². The van der Waals surface area contributed by atoms with E-state index in [2.05, 4.69) is 10.8 Å². The van der Waals surface area contributed by atoms with Crippen LogP contribution in [-0.4, -0.2) is 26.2 Å². The van der Waals surface area contributed by atoms with E-state index >= 15 is 0 Å². The van der Waals surface area contributed by atoms with Crippen LogP contribution in [-0.2, 0) is 16.0 Å². The Bertz CT molecular complexity index is 473. The largest absolute Gasteiger partial charge is 0.496 e. The Kier molecular flexibility index (Phi) is 5.01. The lowest BCUT2D eigenvalue weighted by Crippen LogP contribution is -2.24. The van der Waals surface area contributed by atoms with Crippen LogP contribution in [0.5, 0.6) is 5.75 Å². The number of ether oxygens (including phenoxy) is 2. The Morgan fingerprint density at radius 3 is 2.85 bits per heavy atom. The maximum Gasteiger partial charge on any atom is 0.305 e. The summed E-state index contributed by atoms with van der Waals surface area (Å²) in [5, 5.41) is 0. The summed E-state index contributed by atoms with van der Waals surface area (Å²) in [7, 11) is 3.13. The van der Waals surface area contributed by atoms with Gasteiger partial charge in [-0.15, -0.1) is 0 Å². The van der Waals surface area contributed by atoms with Crippen molar-refractivity contribution in [3.63, 3.8) is 0 Å². The molecular weight excluding hydrogens is 254 g/mol. The van der Waals surface area contributed by atoms with Gasteiger partial charge in [-0.3, -0.25) is 4.79 Å². The average Bonchev–Trinajstić information content (AvgIpc) is 2.79. The first-order valence-electron chi connectivity index (χ1n) is 7.15. The Labute approximate surface area is 120 Å². The van der Waals surface area contributed by atoms with E-state index in [-0.39, 0.29) is 12.0 Å². The SMILES string of the molecule is COC(=O)CCCCC1c2cccc(OC)c2CC1N. The number of carbonyl (C=O) groups is 1. The van der Waals surface area contributed by atoms with Gasteiger partial charge in [0, 0.05) is 12.5 Å². The van der Waals surface area contributed by atoms with Crippen molar-refractivity contribution >= 4 is 5.97 Å². The zero-order valence-electron chi connectivity index (χ0n) is 12.2. The van der Waals surface area contributed by atoms with E-state index in [1.807, 2.05) is 12.1 Å². The maximum atomic E-state index is 11.1. The normalized spacial score (nSPS) is 20.6. The van der Waals surface area contributed by atoms with E-state index in [0.717, 1.165) is 31.4 Å². The number of nitrogens with two attached hydrogens (primary N) is 1. The molecule has 110 valence electrons. The second-order valence-corrected chi connectivity index (χ2v) is 5.32. The molecule has 2 N–H and O–H groups in total. The predicted molar refractivity (Wildman–Crippen MR) is 77.9 cm³/mol. The monoisotopic (exact) mass is 277 g/mol. The van der Waals surface area contributed by atoms with Gasteiger partial charge in [0.1, 0.15) is 5.75 Å². The second kappa shape index (κ2) is 6.75. The molecule has 2 atom stereocenters. The van der Waals surface area contributed by atoms with E-state index in [4.69, 9.17) is 10.5 Å². The lowest BCUT2D eigenvalue weighted by atomic mass is 9.92. The topological polar surface area (TPSA) is 61.5 Å². The number of unbranched alkanes of at least 4 members (excludes halogenated alkanes) is 1. The number of benzene rings is 1. The van der Waals surface area contributed by atoms with Gasteiger partial charge in [0.2, 0.25) is 0 Å². The fourth-order valence-corrected chi connectivity index (χ4v) is 3.05. The van der Waals surface area contributed by atoms with Gasteiger partial charge in [0.05, 0.1) is 14.2 Å². The molecule has 0 radical (unpaired) electrons. The van der Waals surface area contributed by atoms with Gasteiger partial charge in [-0.25, -0.2) is 0 Å². The summed E-state index contributed by atoms with van der Waals surface area (Å²) < 4.78 is 10.1. The summed E-state index contributed by atoms with van der Waals surface area (Å²) in [6, 6.07) is 6.32. The molecule has 0 heterocycles. The summed E-state index contributed by atoms with van der Waals surface area (Å²) in [4.78, 5) is 11.1. The molecule has 2 rings (SSSR count). The Hall–Kier alpha value is -1.55. The van der Waals surface area contributed by atoms with Gasteiger partial charge >= 0.3 is 5.97 Å². The first-order chi connectivity index (χ1) is 9.67. The van der Waals surface area contributed by atoms with Gasteiger partial charge in [0.15, 0.2) is 0 Å². The third kappa shape index (κ3) is 3.12. The first kappa shape index (κ1) is 14.9. The van der Waals surface area contributed by atoms with Crippen molar-refractivity contribution in [3.05, 3.63) is 29.3 Å². The van der Waals surface area contributed by atoms with Crippen LogP contribution in [0, 0.1) is 0 Å². The standard InChI is InChI=1S/C16H23NO3/c1-19-15-8-5-7-11-12(14(17)10-13(11)15)6-3-4-9-16(18)20-2/h5,7-8,12,14H,3-4,6,9-10,17H2,1-2H3. The van der Waals surface area contributed by atoms with Crippen molar-refractivity contribution in [3.8, 4) is 5.75 Å². The number of esters is 1. The van der Waals surface area contributed by atoms with Crippen molar-refractivity contribution in [1.82, 2.24) is 0 Å². The average molecular weight is 277 g/mol. The van der Waals surface area contributed by atoms with Crippen LogP contribution in [0.1, 0.15) is 42.7 Å². The van der Waals surface area contributed by atoms with Gasteiger partial charge in [-0.05, 0) is 42.4 Å². The highest BCUT2D eigenvalue weighted by Crippen LogP contribution is 2.40. The molecule has 4 nitrogen and oxygen atoms in total. The van der Waals surface area contributed by atoms with Crippen LogP contribution < -0.4 is 10.5 Å². The van der Waals surface area contributed by atoms with E-state index in [0.29, 0.717) is 12.3 Å². The summed E-state index contributed by atoms with van der Waals surface area (Å²) in [6.45, 7) is 0. The highest BCUT2D eigenvalue weighted by atomic mass is 16.5. The minimum atomic E-state index is -0.136. The Morgan fingerprint density at radius 2 is 2.15 bits per heavy atom. The summed E-state index contributed by atoms with van der Waals surface area (Å²) in [6.07, 6.45) is 4.22. The van der Waals surface area contributed by atoms with Gasteiger partial charge in [0.25, 0.3) is 0 Å². The molecule has 20 heavy (non-hydrogen) atoms. The molecule has 0 spiro atoms. The third-order valence-corrected chi connectivity index (χ3v) is 4.12. The highest BCUT2D eigenvalue weighted by molar-refractivity contribution is 5.68. The quantitative estimate of drug-likeness (QED) is 0.640. The number of carbonyl (C=O) groups excluding carboxylic acids is 1. The smallest absolute Gasteiger partial charge is 0.305 e. The second-order valence-electron chi connectivity index (χ2n) is 5.32. The molecule has 1 aromatic rings. The fraction of sp³-hybridized carbons (Fsp3) is 0.562. The van der Waals surface area contributed by atoms with E-state index < -0.39 is 0 Å². The number of fused-ring (bicyclic) bond motifs is 1. The van der Waals surface area contributed by atoms with Crippen molar-refractivity contribution in [2.75, 3.05) is 14.2 Å². The predicted octanol–water partition coefficient (Wildman–Crippen LogP) is 2.40. The van der Waals surface area contributed by atoms with Crippen molar-refractivity contribution < 1.29 is 14.3 Å². The van der Waals surface area contributed by atoms with Crippen molar-refractivity contribution in [2.24, 2.45) is 5.73 Å².